The second-order valence-corrected chi connectivity index (χ2v) is 6.68. The average molecular weight is 368 g/mol. The Hall–Kier alpha value is -3.15. The molecular formula is C18H20N6O3. The van der Waals surface area contributed by atoms with E-state index in [4.69, 9.17) is 14.7 Å². The van der Waals surface area contributed by atoms with Gasteiger partial charge in [0, 0.05) is 37.5 Å². The van der Waals surface area contributed by atoms with Gasteiger partial charge in [0.1, 0.15) is 12.2 Å². The fraction of sp³-hybridized carbons (Fsp3) is 0.500. The van der Waals surface area contributed by atoms with Gasteiger partial charge in [0.25, 0.3) is 11.8 Å². The summed E-state index contributed by atoms with van der Waals surface area (Å²) in [6.45, 7) is 1.44. The maximum atomic E-state index is 12.5. The maximum Gasteiger partial charge on any atom is 0.272 e. The third-order valence-corrected chi connectivity index (χ3v) is 4.80. The Labute approximate surface area is 156 Å². The molecule has 0 bridgehead atoms. The first-order valence-corrected chi connectivity index (χ1v) is 9.12. The normalized spacial score (nSPS) is 21.4. The maximum absolute atomic E-state index is 12.5. The molecule has 1 aliphatic heterocycles. The molecule has 0 atom stereocenters. The Morgan fingerprint density at radius 2 is 2.11 bits per heavy atom. The van der Waals surface area contributed by atoms with Crippen LogP contribution in [0.1, 0.15) is 48.3 Å². The zero-order valence-electron chi connectivity index (χ0n) is 14.8. The first-order valence-electron chi connectivity index (χ1n) is 9.12. The van der Waals surface area contributed by atoms with Gasteiger partial charge in [0.05, 0.1) is 6.61 Å². The fourth-order valence-electron chi connectivity index (χ4n) is 3.41. The van der Waals surface area contributed by atoms with Gasteiger partial charge in [-0.2, -0.15) is 10.4 Å². The smallest absolute Gasteiger partial charge is 0.272 e. The van der Waals surface area contributed by atoms with Crippen molar-refractivity contribution in [3.05, 3.63) is 29.8 Å². The molecule has 140 valence electrons. The van der Waals surface area contributed by atoms with Gasteiger partial charge in [0.15, 0.2) is 5.69 Å². The molecule has 0 saturated heterocycles. The van der Waals surface area contributed by atoms with Gasteiger partial charge in [-0.05, 0) is 25.7 Å². The molecule has 1 saturated carbocycles. The number of fused-ring (bicyclic) bond motifs is 1. The average Bonchev–Trinajstić information content (AvgIpc) is 3.14. The SMILES string of the molecule is N#Cc1nccnc1OC1CCC(NC(=O)c2cc3n(n2)CCCO3)CC1. The van der Waals surface area contributed by atoms with Gasteiger partial charge in [-0.1, -0.05) is 0 Å². The van der Waals surface area contributed by atoms with E-state index in [9.17, 15) is 4.79 Å². The lowest BCUT2D eigenvalue weighted by atomic mass is 9.93. The van der Waals surface area contributed by atoms with Crippen molar-refractivity contribution in [3.8, 4) is 17.8 Å². The third kappa shape index (κ3) is 3.84. The predicted molar refractivity (Wildman–Crippen MR) is 93.2 cm³/mol. The number of ether oxygens (including phenoxy) is 2. The van der Waals surface area contributed by atoms with Gasteiger partial charge in [0.2, 0.25) is 11.6 Å². The van der Waals surface area contributed by atoms with Crippen molar-refractivity contribution in [2.45, 2.75) is 50.8 Å². The molecule has 4 rings (SSSR count). The van der Waals surface area contributed by atoms with Crippen molar-refractivity contribution in [2.24, 2.45) is 0 Å². The van der Waals surface area contributed by atoms with Crippen LogP contribution in [-0.2, 0) is 6.54 Å². The minimum absolute atomic E-state index is 0.0322. The van der Waals surface area contributed by atoms with Crippen LogP contribution >= 0.6 is 0 Å². The third-order valence-electron chi connectivity index (χ3n) is 4.80. The van der Waals surface area contributed by atoms with Crippen LogP contribution in [0.2, 0.25) is 0 Å². The van der Waals surface area contributed by atoms with Crippen molar-refractivity contribution < 1.29 is 14.3 Å². The highest BCUT2D eigenvalue weighted by Crippen LogP contribution is 2.24. The lowest BCUT2D eigenvalue weighted by Crippen LogP contribution is -2.40. The molecule has 1 fully saturated rings. The molecule has 0 unspecified atom stereocenters. The summed E-state index contributed by atoms with van der Waals surface area (Å²) in [4.78, 5) is 20.5. The van der Waals surface area contributed by atoms with E-state index in [2.05, 4.69) is 20.4 Å². The van der Waals surface area contributed by atoms with Crippen LogP contribution in [0.4, 0.5) is 0 Å². The molecule has 1 aliphatic carbocycles. The minimum Gasteiger partial charge on any atom is -0.478 e. The molecule has 3 heterocycles. The minimum atomic E-state index is -0.175. The molecule has 27 heavy (non-hydrogen) atoms. The van der Waals surface area contributed by atoms with Crippen LogP contribution in [0.3, 0.4) is 0 Å². The number of hydrogen-bond donors (Lipinski definition) is 1. The Bertz CT molecular complexity index is 843. The topological polar surface area (TPSA) is 115 Å². The zero-order chi connectivity index (χ0) is 18.6. The standard InChI is InChI=1S/C18H20N6O3/c19-11-15-18(21-7-6-20-15)27-13-4-2-12(3-5-13)22-17(25)14-10-16-24(23-14)8-1-9-26-16/h6-7,10,12-13H,1-5,8-9H2,(H,22,25). The summed E-state index contributed by atoms with van der Waals surface area (Å²) in [6, 6.07) is 3.76. The molecule has 9 heteroatoms. The number of amides is 1. The Morgan fingerprint density at radius 3 is 2.89 bits per heavy atom. The van der Waals surface area contributed by atoms with Crippen molar-refractivity contribution in [3.63, 3.8) is 0 Å². The van der Waals surface area contributed by atoms with E-state index in [1.807, 2.05) is 6.07 Å². The Kier molecular flexibility index (Phi) is 4.87. The van der Waals surface area contributed by atoms with Crippen molar-refractivity contribution in [1.82, 2.24) is 25.1 Å². The van der Waals surface area contributed by atoms with Crippen molar-refractivity contribution >= 4 is 5.91 Å². The summed E-state index contributed by atoms with van der Waals surface area (Å²) >= 11 is 0. The van der Waals surface area contributed by atoms with Crippen molar-refractivity contribution in [1.29, 1.82) is 5.26 Å². The van der Waals surface area contributed by atoms with Crippen molar-refractivity contribution in [2.75, 3.05) is 6.61 Å². The number of carbonyl (C=O) groups is 1. The van der Waals surface area contributed by atoms with E-state index < -0.39 is 0 Å². The quantitative estimate of drug-likeness (QED) is 0.868. The summed E-state index contributed by atoms with van der Waals surface area (Å²) in [5.41, 5.74) is 0.586. The van der Waals surface area contributed by atoms with Crippen LogP contribution in [0.5, 0.6) is 11.8 Å². The number of nitrogens with zero attached hydrogens (tertiary/aromatic N) is 5. The van der Waals surface area contributed by atoms with Crippen LogP contribution < -0.4 is 14.8 Å². The number of nitriles is 1. The predicted octanol–water partition coefficient (Wildman–Crippen LogP) is 1.45. The van der Waals surface area contributed by atoms with Crippen LogP contribution in [-0.4, -0.2) is 44.4 Å². The summed E-state index contributed by atoms with van der Waals surface area (Å²) in [5, 5.41) is 16.4. The molecule has 1 amide bonds. The summed E-state index contributed by atoms with van der Waals surface area (Å²) < 4.78 is 13.1. The second kappa shape index (κ2) is 7.61. The Morgan fingerprint density at radius 1 is 1.30 bits per heavy atom. The fourth-order valence-corrected chi connectivity index (χ4v) is 3.41. The van der Waals surface area contributed by atoms with Gasteiger partial charge < -0.3 is 14.8 Å². The molecule has 2 aromatic heterocycles. The number of nitrogens with one attached hydrogen (secondary N) is 1. The summed E-state index contributed by atoms with van der Waals surface area (Å²) in [7, 11) is 0. The van der Waals surface area contributed by atoms with Crippen LogP contribution in [0, 0.1) is 11.3 Å². The summed E-state index contributed by atoms with van der Waals surface area (Å²) in [6.07, 6.45) is 6.98. The second-order valence-electron chi connectivity index (χ2n) is 6.68. The number of hydrogen-bond acceptors (Lipinski definition) is 7. The summed E-state index contributed by atoms with van der Waals surface area (Å²) in [5.74, 6) is 0.752. The van der Waals surface area contributed by atoms with E-state index in [1.165, 1.54) is 12.4 Å². The lowest BCUT2D eigenvalue weighted by Gasteiger charge is -2.29. The molecule has 2 aliphatic rings. The van der Waals surface area contributed by atoms with E-state index in [0.717, 1.165) is 38.6 Å². The zero-order valence-corrected chi connectivity index (χ0v) is 14.8. The number of aromatic nitrogens is 4. The van der Waals surface area contributed by atoms with E-state index >= 15 is 0 Å². The van der Waals surface area contributed by atoms with Gasteiger partial charge in [-0.15, -0.1) is 0 Å². The van der Waals surface area contributed by atoms with Gasteiger partial charge in [-0.3, -0.25) is 4.79 Å². The van der Waals surface area contributed by atoms with Crippen LogP contribution in [0.25, 0.3) is 0 Å². The lowest BCUT2D eigenvalue weighted by molar-refractivity contribution is 0.0884. The molecule has 0 spiro atoms. The molecular weight excluding hydrogens is 348 g/mol. The monoisotopic (exact) mass is 368 g/mol. The first kappa shape index (κ1) is 17.3. The number of aryl methyl sites for hydroxylation is 1. The highest BCUT2D eigenvalue weighted by atomic mass is 16.5. The highest BCUT2D eigenvalue weighted by molar-refractivity contribution is 5.92. The largest absolute Gasteiger partial charge is 0.478 e. The molecule has 0 radical (unpaired) electrons. The van der Waals surface area contributed by atoms with E-state index in [1.54, 1.807) is 10.7 Å². The number of rotatable bonds is 4. The molecule has 9 nitrogen and oxygen atoms in total. The van der Waals surface area contributed by atoms with Gasteiger partial charge >= 0.3 is 0 Å². The molecule has 2 aromatic rings. The van der Waals surface area contributed by atoms with Crippen LogP contribution in [0.15, 0.2) is 18.5 Å². The molecule has 1 N–H and O–H groups in total. The van der Waals surface area contributed by atoms with E-state index in [0.29, 0.717) is 18.2 Å². The highest BCUT2D eigenvalue weighted by Gasteiger charge is 2.26. The van der Waals surface area contributed by atoms with Gasteiger partial charge in [-0.25, -0.2) is 14.6 Å². The Balaban J connectivity index is 1.30. The molecule has 0 aromatic carbocycles. The number of carbonyl (C=O) groups excluding carboxylic acids is 1. The van der Waals surface area contributed by atoms with E-state index in [-0.39, 0.29) is 29.6 Å². The first-order chi connectivity index (χ1) is 13.2.